The van der Waals surface area contributed by atoms with Gasteiger partial charge in [0, 0.05) is 43.5 Å². The second kappa shape index (κ2) is 10.9. The Morgan fingerprint density at radius 1 is 0.950 bits per heavy atom. The van der Waals surface area contributed by atoms with E-state index in [0.29, 0.717) is 23.7 Å². The minimum atomic E-state index is -0.408. The summed E-state index contributed by atoms with van der Waals surface area (Å²) < 4.78 is 7.18. The molecule has 9 nitrogen and oxygen atoms in total. The summed E-state index contributed by atoms with van der Waals surface area (Å²) in [5.74, 6) is 1.35. The van der Waals surface area contributed by atoms with Gasteiger partial charge >= 0.3 is 0 Å². The molecule has 1 fully saturated rings. The first-order valence-electron chi connectivity index (χ1n) is 13.6. The molecule has 1 aliphatic rings. The standard InChI is InChI=1S/C31H33N7O2/c1-21-8-7-11-28(22(21)2)36-14-16-37(17-15-36)29(30-33-34-35-38(30)20-23-9-5-4-6-10-23)26-18-24-12-13-25(40-3)19-27(24)32-31(26)39/h4-13,18-19,29H,14-17,20H2,1-3H3,(H,32,39). The summed E-state index contributed by atoms with van der Waals surface area (Å²) >= 11 is 0. The third-order valence-electron chi connectivity index (χ3n) is 7.95. The number of benzene rings is 3. The number of anilines is 1. The van der Waals surface area contributed by atoms with Gasteiger partial charge in [-0.15, -0.1) is 5.10 Å². The number of hydrogen-bond acceptors (Lipinski definition) is 7. The number of ether oxygens (including phenoxy) is 1. The lowest BCUT2D eigenvalue weighted by molar-refractivity contribution is 0.200. The van der Waals surface area contributed by atoms with Gasteiger partial charge in [-0.05, 0) is 70.6 Å². The number of aromatic amines is 1. The van der Waals surface area contributed by atoms with Crippen LogP contribution in [0, 0.1) is 13.8 Å². The number of nitrogens with zero attached hydrogens (tertiary/aromatic N) is 6. The Morgan fingerprint density at radius 2 is 1.75 bits per heavy atom. The Hall–Kier alpha value is -4.50. The maximum atomic E-state index is 13.6. The highest BCUT2D eigenvalue weighted by atomic mass is 16.5. The molecule has 204 valence electrons. The molecule has 5 aromatic rings. The number of pyridine rings is 1. The Kier molecular flexibility index (Phi) is 7.04. The number of aromatic nitrogens is 5. The van der Waals surface area contributed by atoms with Crippen molar-refractivity contribution < 1.29 is 4.74 Å². The summed E-state index contributed by atoms with van der Waals surface area (Å²) in [7, 11) is 1.62. The van der Waals surface area contributed by atoms with Crippen molar-refractivity contribution in [1.82, 2.24) is 30.1 Å². The molecule has 1 atom stereocenters. The highest BCUT2D eigenvalue weighted by molar-refractivity contribution is 5.80. The van der Waals surface area contributed by atoms with Crippen molar-refractivity contribution in [3.8, 4) is 5.75 Å². The summed E-state index contributed by atoms with van der Waals surface area (Å²) in [4.78, 5) is 21.5. The predicted octanol–water partition coefficient (Wildman–Crippen LogP) is 4.10. The number of hydrogen-bond donors (Lipinski definition) is 1. The van der Waals surface area contributed by atoms with Gasteiger partial charge in [-0.3, -0.25) is 9.69 Å². The fourth-order valence-corrected chi connectivity index (χ4v) is 5.60. The van der Waals surface area contributed by atoms with Crippen LogP contribution in [0.2, 0.25) is 0 Å². The fraction of sp³-hybridized carbons (Fsp3) is 0.290. The van der Waals surface area contributed by atoms with E-state index in [4.69, 9.17) is 4.74 Å². The second-order valence-corrected chi connectivity index (χ2v) is 10.3. The van der Waals surface area contributed by atoms with Crippen molar-refractivity contribution in [1.29, 1.82) is 0 Å². The SMILES string of the molecule is COc1ccc2cc(C(c3nnnn3Cc3ccccc3)N3CCN(c4cccc(C)c4C)CC3)c(=O)[nH]c2c1. The van der Waals surface area contributed by atoms with Crippen LogP contribution in [0.4, 0.5) is 5.69 Å². The van der Waals surface area contributed by atoms with Crippen LogP contribution in [-0.2, 0) is 6.54 Å². The molecule has 1 N–H and O–H groups in total. The zero-order chi connectivity index (χ0) is 27.6. The molecule has 1 unspecified atom stereocenters. The lowest BCUT2D eigenvalue weighted by Gasteiger charge is -2.40. The van der Waals surface area contributed by atoms with Crippen LogP contribution in [-0.4, -0.2) is 63.4 Å². The summed E-state index contributed by atoms with van der Waals surface area (Å²) in [6.07, 6.45) is 0. The summed E-state index contributed by atoms with van der Waals surface area (Å²) in [6.45, 7) is 8.05. The first kappa shape index (κ1) is 25.8. The molecular weight excluding hydrogens is 502 g/mol. The molecule has 0 saturated carbocycles. The molecule has 2 aromatic heterocycles. The zero-order valence-corrected chi connectivity index (χ0v) is 23.0. The quantitative estimate of drug-likeness (QED) is 0.336. The molecule has 1 saturated heterocycles. The van der Waals surface area contributed by atoms with E-state index in [1.165, 1.54) is 16.8 Å². The lowest BCUT2D eigenvalue weighted by Crippen LogP contribution is -2.49. The van der Waals surface area contributed by atoms with Crippen molar-refractivity contribution >= 4 is 16.6 Å². The van der Waals surface area contributed by atoms with Crippen LogP contribution in [0.5, 0.6) is 5.75 Å². The Bertz CT molecular complexity index is 1690. The third kappa shape index (κ3) is 4.96. The van der Waals surface area contributed by atoms with Crippen LogP contribution < -0.4 is 15.2 Å². The Morgan fingerprint density at radius 3 is 2.52 bits per heavy atom. The normalized spacial score (nSPS) is 14.9. The van der Waals surface area contributed by atoms with Crippen molar-refractivity contribution in [2.24, 2.45) is 0 Å². The van der Waals surface area contributed by atoms with E-state index in [9.17, 15) is 4.79 Å². The Balaban J connectivity index is 1.38. The average Bonchev–Trinajstić information content (AvgIpc) is 3.43. The van der Waals surface area contributed by atoms with E-state index < -0.39 is 6.04 Å². The molecule has 0 radical (unpaired) electrons. The Labute approximate surface area is 233 Å². The first-order chi connectivity index (χ1) is 19.5. The maximum absolute atomic E-state index is 13.6. The number of piperazine rings is 1. The molecule has 6 rings (SSSR count). The van der Waals surface area contributed by atoms with Gasteiger partial charge in [-0.1, -0.05) is 42.5 Å². The van der Waals surface area contributed by atoms with Crippen molar-refractivity contribution in [2.45, 2.75) is 26.4 Å². The van der Waals surface area contributed by atoms with E-state index in [0.717, 1.165) is 42.6 Å². The third-order valence-corrected chi connectivity index (χ3v) is 7.95. The van der Waals surface area contributed by atoms with Crippen LogP contribution in [0.25, 0.3) is 10.9 Å². The van der Waals surface area contributed by atoms with E-state index >= 15 is 0 Å². The van der Waals surface area contributed by atoms with Crippen molar-refractivity contribution in [3.63, 3.8) is 0 Å². The molecule has 1 aliphatic heterocycles. The fourth-order valence-electron chi connectivity index (χ4n) is 5.60. The number of rotatable bonds is 7. The van der Waals surface area contributed by atoms with Crippen LogP contribution in [0.3, 0.4) is 0 Å². The molecule has 9 heteroatoms. The highest BCUT2D eigenvalue weighted by Crippen LogP contribution is 2.31. The van der Waals surface area contributed by atoms with Gasteiger partial charge in [0.25, 0.3) is 5.56 Å². The lowest BCUT2D eigenvalue weighted by atomic mass is 10.0. The van der Waals surface area contributed by atoms with E-state index in [2.05, 4.69) is 74.5 Å². The van der Waals surface area contributed by atoms with Crippen LogP contribution in [0.15, 0.2) is 77.6 Å². The minimum absolute atomic E-state index is 0.156. The first-order valence-corrected chi connectivity index (χ1v) is 13.6. The zero-order valence-electron chi connectivity index (χ0n) is 23.0. The molecule has 40 heavy (non-hydrogen) atoms. The highest BCUT2D eigenvalue weighted by Gasteiger charge is 2.33. The second-order valence-electron chi connectivity index (χ2n) is 10.3. The molecule has 3 heterocycles. The van der Waals surface area contributed by atoms with Gasteiger partial charge in [-0.25, -0.2) is 4.68 Å². The molecule has 0 spiro atoms. The number of methoxy groups -OCH3 is 1. The van der Waals surface area contributed by atoms with E-state index in [1.807, 2.05) is 47.1 Å². The largest absolute Gasteiger partial charge is 0.497 e. The molecule has 0 amide bonds. The minimum Gasteiger partial charge on any atom is -0.497 e. The van der Waals surface area contributed by atoms with Gasteiger partial charge in [0.15, 0.2) is 5.82 Å². The molecule has 0 bridgehead atoms. The number of tetrazole rings is 1. The van der Waals surface area contributed by atoms with Gasteiger partial charge in [-0.2, -0.15) is 0 Å². The topological polar surface area (TPSA) is 92.2 Å². The van der Waals surface area contributed by atoms with Crippen LogP contribution >= 0.6 is 0 Å². The molecular formula is C31H33N7O2. The van der Waals surface area contributed by atoms with Crippen molar-refractivity contribution in [3.05, 3.63) is 111 Å². The summed E-state index contributed by atoms with van der Waals surface area (Å²) in [6, 6.07) is 23.9. The average molecular weight is 536 g/mol. The number of aryl methyl sites for hydroxylation is 1. The number of H-pyrrole nitrogens is 1. The molecule has 3 aromatic carbocycles. The maximum Gasteiger partial charge on any atom is 0.253 e. The van der Waals surface area contributed by atoms with Gasteiger partial charge in [0.05, 0.1) is 19.2 Å². The van der Waals surface area contributed by atoms with Gasteiger partial charge in [0.2, 0.25) is 0 Å². The van der Waals surface area contributed by atoms with Crippen LogP contribution in [0.1, 0.15) is 34.1 Å². The van der Waals surface area contributed by atoms with E-state index in [1.54, 1.807) is 7.11 Å². The number of nitrogens with one attached hydrogen (secondary N) is 1. The summed E-state index contributed by atoms with van der Waals surface area (Å²) in [5, 5.41) is 13.8. The van der Waals surface area contributed by atoms with E-state index in [-0.39, 0.29) is 5.56 Å². The smallest absolute Gasteiger partial charge is 0.253 e. The predicted molar refractivity (Wildman–Crippen MR) is 156 cm³/mol. The summed E-state index contributed by atoms with van der Waals surface area (Å²) in [5.41, 5.74) is 6.16. The number of fused-ring (bicyclic) bond motifs is 1. The molecule has 0 aliphatic carbocycles. The van der Waals surface area contributed by atoms with Gasteiger partial charge in [0.1, 0.15) is 11.8 Å². The van der Waals surface area contributed by atoms with Crippen molar-refractivity contribution in [2.75, 3.05) is 38.2 Å². The van der Waals surface area contributed by atoms with Gasteiger partial charge < -0.3 is 14.6 Å². The monoisotopic (exact) mass is 535 g/mol.